The fraction of sp³-hybridized carbons (Fsp3) is 0.500. The Kier molecular flexibility index (Phi) is 6.83. The number of amides is 3. The van der Waals surface area contributed by atoms with Crippen LogP contribution < -0.4 is 15.1 Å². The number of hydrogen-bond donors (Lipinski definition) is 1. The zero-order chi connectivity index (χ0) is 29.0. The predicted molar refractivity (Wildman–Crippen MR) is 148 cm³/mol. The van der Waals surface area contributed by atoms with Crippen molar-refractivity contribution in [3.8, 4) is 0 Å². The summed E-state index contributed by atoms with van der Waals surface area (Å²) in [6.45, 7) is 13.3. The molecule has 214 valence electrons. The first-order chi connectivity index (χ1) is 18.7. The smallest absolute Gasteiger partial charge is 0.410 e. The summed E-state index contributed by atoms with van der Waals surface area (Å²) < 4.78 is 34.9. The molecular formula is C28H35F2N7O3. The molecule has 0 atom stereocenters. The molecule has 0 unspecified atom stereocenters. The van der Waals surface area contributed by atoms with E-state index < -0.39 is 23.6 Å². The van der Waals surface area contributed by atoms with E-state index in [0.29, 0.717) is 49.8 Å². The molecule has 2 aliphatic rings. The van der Waals surface area contributed by atoms with Crippen molar-refractivity contribution in [1.82, 2.24) is 19.3 Å². The normalized spacial score (nSPS) is 17.0. The molecule has 0 bridgehead atoms. The van der Waals surface area contributed by atoms with Crippen molar-refractivity contribution in [2.45, 2.75) is 65.5 Å². The Hall–Kier alpha value is -3.96. The molecule has 0 spiro atoms. The van der Waals surface area contributed by atoms with Gasteiger partial charge in [-0.25, -0.2) is 28.3 Å². The highest BCUT2D eigenvalue weighted by molar-refractivity contribution is 6.03. The Morgan fingerprint density at radius 1 is 1.15 bits per heavy atom. The second kappa shape index (κ2) is 9.90. The number of rotatable bonds is 3. The van der Waals surface area contributed by atoms with Gasteiger partial charge in [-0.05, 0) is 60.1 Å². The molecule has 5 heterocycles. The van der Waals surface area contributed by atoms with Crippen LogP contribution in [0.25, 0.3) is 5.65 Å². The second-order valence-corrected chi connectivity index (χ2v) is 11.9. The minimum Gasteiger partial charge on any atom is -0.444 e. The molecule has 1 fully saturated rings. The van der Waals surface area contributed by atoms with Crippen LogP contribution in [0.15, 0.2) is 30.7 Å². The van der Waals surface area contributed by atoms with E-state index in [0.717, 1.165) is 11.3 Å². The van der Waals surface area contributed by atoms with E-state index in [9.17, 15) is 18.4 Å². The fourth-order valence-electron chi connectivity index (χ4n) is 5.43. The summed E-state index contributed by atoms with van der Waals surface area (Å²) in [5, 5.41) is 2.67. The molecule has 5 rings (SSSR count). The monoisotopic (exact) mass is 555 g/mol. The zero-order valence-corrected chi connectivity index (χ0v) is 23.7. The number of nitrogens with zero attached hydrogens (tertiary/aromatic N) is 6. The number of carbonyl (C=O) groups is 2. The first kappa shape index (κ1) is 27.6. The molecule has 1 N–H and O–H groups in total. The Balaban J connectivity index is 1.36. The van der Waals surface area contributed by atoms with Crippen molar-refractivity contribution in [3.63, 3.8) is 0 Å². The van der Waals surface area contributed by atoms with Crippen LogP contribution in [0.4, 0.5) is 35.6 Å². The van der Waals surface area contributed by atoms with Crippen LogP contribution >= 0.6 is 0 Å². The van der Waals surface area contributed by atoms with Gasteiger partial charge in [-0.3, -0.25) is 9.80 Å². The number of ether oxygens (including phenoxy) is 1. The Labute approximate surface area is 231 Å². The lowest BCUT2D eigenvalue weighted by Gasteiger charge is -2.48. The third-order valence-electron chi connectivity index (χ3n) is 7.17. The molecule has 0 radical (unpaired) electrons. The van der Waals surface area contributed by atoms with E-state index >= 15 is 0 Å². The third-order valence-corrected chi connectivity index (χ3v) is 7.17. The van der Waals surface area contributed by atoms with Crippen LogP contribution in [-0.4, -0.2) is 68.7 Å². The molecule has 3 aromatic heterocycles. The number of hydrogen-bond acceptors (Lipinski definition) is 6. The van der Waals surface area contributed by atoms with Crippen LogP contribution in [0.2, 0.25) is 0 Å². The minimum absolute atomic E-state index is 0.0227. The van der Waals surface area contributed by atoms with Crippen LogP contribution in [-0.2, 0) is 11.2 Å². The van der Waals surface area contributed by atoms with Gasteiger partial charge in [0, 0.05) is 61.6 Å². The van der Waals surface area contributed by atoms with Crippen LogP contribution in [0.5, 0.6) is 0 Å². The summed E-state index contributed by atoms with van der Waals surface area (Å²) in [7, 11) is 0. The number of nitrogens with one attached hydrogen (secondary N) is 1. The van der Waals surface area contributed by atoms with Crippen LogP contribution in [0, 0.1) is 6.92 Å². The number of pyridine rings is 2. The van der Waals surface area contributed by atoms with Crippen molar-refractivity contribution < 1.29 is 23.1 Å². The number of aromatic nitrogens is 3. The maximum absolute atomic E-state index is 13.9. The highest BCUT2D eigenvalue weighted by atomic mass is 19.3. The average Bonchev–Trinajstić information content (AvgIpc) is 3.43. The summed E-state index contributed by atoms with van der Waals surface area (Å²) in [6.07, 6.45) is 2.27. The first-order valence-electron chi connectivity index (χ1n) is 13.3. The summed E-state index contributed by atoms with van der Waals surface area (Å²) in [4.78, 5) is 40.4. The molecular weight excluding hydrogens is 520 g/mol. The molecule has 1 saturated heterocycles. The molecule has 3 aromatic rings. The molecule has 2 aliphatic heterocycles. The summed E-state index contributed by atoms with van der Waals surface area (Å²) in [6, 6.07) is 2.68. The van der Waals surface area contributed by atoms with Crippen molar-refractivity contribution in [3.05, 3.63) is 47.5 Å². The number of halogens is 2. The molecule has 0 aromatic carbocycles. The topological polar surface area (TPSA) is 95.3 Å². The minimum atomic E-state index is -2.78. The number of imidazole rings is 1. The Morgan fingerprint density at radius 2 is 1.90 bits per heavy atom. The van der Waals surface area contributed by atoms with E-state index in [4.69, 9.17) is 4.74 Å². The first-order valence-corrected chi connectivity index (χ1v) is 13.3. The van der Waals surface area contributed by atoms with Gasteiger partial charge in [0.1, 0.15) is 17.1 Å². The van der Waals surface area contributed by atoms with Gasteiger partial charge in [-0.2, -0.15) is 0 Å². The number of piperazine rings is 1. The third kappa shape index (κ3) is 5.26. The Morgan fingerprint density at radius 3 is 2.58 bits per heavy atom. The maximum Gasteiger partial charge on any atom is 0.410 e. The van der Waals surface area contributed by atoms with Gasteiger partial charge in [0.15, 0.2) is 0 Å². The van der Waals surface area contributed by atoms with Gasteiger partial charge in [0.2, 0.25) is 0 Å². The highest BCUT2D eigenvalue weighted by Gasteiger charge is 2.40. The molecule has 10 nitrogen and oxygen atoms in total. The van der Waals surface area contributed by atoms with Crippen LogP contribution in [0.3, 0.4) is 0 Å². The van der Waals surface area contributed by atoms with E-state index in [2.05, 4.69) is 20.2 Å². The summed E-state index contributed by atoms with van der Waals surface area (Å²) in [5.41, 5.74) is 1.58. The van der Waals surface area contributed by atoms with Gasteiger partial charge in [-0.15, -0.1) is 0 Å². The number of urea groups is 1. The van der Waals surface area contributed by atoms with Gasteiger partial charge >= 0.3 is 12.1 Å². The maximum atomic E-state index is 13.9. The van der Waals surface area contributed by atoms with Gasteiger partial charge < -0.3 is 19.4 Å². The van der Waals surface area contributed by atoms with E-state index in [-0.39, 0.29) is 17.3 Å². The van der Waals surface area contributed by atoms with Crippen LogP contribution in [0.1, 0.15) is 57.9 Å². The summed E-state index contributed by atoms with van der Waals surface area (Å²) in [5.74, 6) is 0.500. The average molecular weight is 556 g/mol. The quantitative estimate of drug-likeness (QED) is 0.465. The van der Waals surface area contributed by atoms with Gasteiger partial charge in [-0.1, -0.05) is 0 Å². The van der Waals surface area contributed by atoms with Gasteiger partial charge in [0.05, 0.1) is 16.9 Å². The van der Waals surface area contributed by atoms with E-state index in [1.807, 2.05) is 40.7 Å². The molecule has 0 aliphatic carbocycles. The molecule has 12 heteroatoms. The lowest BCUT2D eigenvalue weighted by molar-refractivity contribution is 0.000359. The second-order valence-electron chi connectivity index (χ2n) is 11.9. The van der Waals surface area contributed by atoms with Gasteiger partial charge in [0.25, 0.3) is 6.43 Å². The number of aryl methyl sites for hydroxylation is 1. The highest BCUT2D eigenvalue weighted by Crippen LogP contribution is 2.37. The molecule has 3 amide bonds. The number of alkyl halides is 2. The Bertz CT molecular complexity index is 1460. The number of anilines is 3. The van der Waals surface area contributed by atoms with Crippen molar-refractivity contribution in [2.75, 3.05) is 41.3 Å². The fourth-order valence-corrected chi connectivity index (χ4v) is 5.43. The zero-order valence-electron chi connectivity index (χ0n) is 23.7. The largest absolute Gasteiger partial charge is 0.444 e. The van der Waals surface area contributed by atoms with Crippen molar-refractivity contribution >= 4 is 35.0 Å². The molecule has 0 saturated carbocycles. The standard InChI is InChI=1S/C28H35F2N7O3/c1-17-14-35-15-20(19(23(29)30)13-22(35)32-17)33-25(38)36-10-8-18-21(7-9-31-24(18)36)34-11-12-37(28(5,6)16-34)26(39)40-27(2,3)4/h7,9,13-15,23H,8,10-12,16H2,1-6H3,(H,33,38). The SMILES string of the molecule is Cc1cn2cc(NC(=O)N3CCc4c(N5CCN(C(=O)OC(C)(C)C)C(C)(C)C5)ccnc43)c(C(F)F)cc2n1. The number of fused-ring (bicyclic) bond motifs is 2. The summed E-state index contributed by atoms with van der Waals surface area (Å²) >= 11 is 0. The number of carbonyl (C=O) groups excluding carboxylic acids is 2. The van der Waals surface area contributed by atoms with Crippen molar-refractivity contribution in [1.29, 1.82) is 0 Å². The van der Waals surface area contributed by atoms with Crippen molar-refractivity contribution in [2.24, 2.45) is 0 Å². The predicted octanol–water partition coefficient (Wildman–Crippen LogP) is 5.41. The lowest BCUT2D eigenvalue weighted by atomic mass is 9.98. The lowest BCUT2D eigenvalue weighted by Crippen LogP contribution is -2.62. The van der Waals surface area contributed by atoms with E-state index in [1.165, 1.54) is 17.2 Å². The molecule has 40 heavy (non-hydrogen) atoms. The van der Waals surface area contributed by atoms with E-state index in [1.54, 1.807) is 28.6 Å².